The van der Waals surface area contributed by atoms with E-state index in [9.17, 15) is 4.79 Å². The maximum absolute atomic E-state index is 11.9. The molecule has 0 aliphatic heterocycles. The van der Waals surface area contributed by atoms with Gasteiger partial charge in [-0.2, -0.15) is 0 Å². The number of nitrogens with zero attached hydrogens (tertiary/aromatic N) is 1. The van der Waals surface area contributed by atoms with Crippen molar-refractivity contribution in [2.75, 3.05) is 11.1 Å². The number of amides is 1. The third-order valence-electron chi connectivity index (χ3n) is 2.73. The first-order valence-corrected chi connectivity index (χ1v) is 6.61. The van der Waals surface area contributed by atoms with Gasteiger partial charge in [-0.3, -0.25) is 9.78 Å². The van der Waals surface area contributed by atoms with Crippen LogP contribution in [-0.2, 0) is 11.2 Å². The van der Waals surface area contributed by atoms with Crippen LogP contribution in [0.4, 0.5) is 11.4 Å². The number of anilines is 2. The molecule has 0 bridgehead atoms. The zero-order valence-corrected chi connectivity index (χ0v) is 12.1. The van der Waals surface area contributed by atoms with Crippen LogP contribution in [0.1, 0.15) is 11.3 Å². The normalized spacial score (nSPS) is 10.2. The fraction of sp³-hybridized carbons (Fsp3) is 0.143. The second-order valence-corrected chi connectivity index (χ2v) is 5.07. The molecule has 0 spiro atoms. The zero-order chi connectivity index (χ0) is 13.8. The average molecular weight is 320 g/mol. The van der Waals surface area contributed by atoms with Crippen LogP contribution in [0.2, 0.25) is 0 Å². The summed E-state index contributed by atoms with van der Waals surface area (Å²) >= 11 is 3.43. The number of benzene rings is 1. The van der Waals surface area contributed by atoms with Gasteiger partial charge in [0.05, 0.1) is 18.3 Å². The van der Waals surface area contributed by atoms with Crippen LogP contribution >= 0.6 is 15.9 Å². The van der Waals surface area contributed by atoms with Gasteiger partial charge in [-0.25, -0.2) is 0 Å². The van der Waals surface area contributed by atoms with E-state index in [2.05, 4.69) is 26.2 Å². The molecule has 98 valence electrons. The highest BCUT2D eigenvalue weighted by Gasteiger charge is 2.08. The van der Waals surface area contributed by atoms with Crippen molar-refractivity contribution < 1.29 is 4.79 Å². The molecule has 1 heterocycles. The van der Waals surface area contributed by atoms with Gasteiger partial charge in [0.25, 0.3) is 0 Å². The number of aromatic nitrogens is 1. The van der Waals surface area contributed by atoms with E-state index in [4.69, 9.17) is 5.73 Å². The van der Waals surface area contributed by atoms with Gasteiger partial charge in [0, 0.05) is 15.9 Å². The third-order valence-corrected chi connectivity index (χ3v) is 3.59. The second kappa shape index (κ2) is 5.84. The highest BCUT2D eigenvalue weighted by Crippen LogP contribution is 2.23. The summed E-state index contributed by atoms with van der Waals surface area (Å²) < 4.78 is 0.968. The van der Waals surface area contributed by atoms with Crippen molar-refractivity contribution in [3.8, 4) is 0 Å². The van der Waals surface area contributed by atoms with Gasteiger partial charge in [-0.1, -0.05) is 22.0 Å². The van der Waals surface area contributed by atoms with Crippen LogP contribution in [0, 0.1) is 6.92 Å². The van der Waals surface area contributed by atoms with Crippen LogP contribution in [0.25, 0.3) is 0 Å². The van der Waals surface area contributed by atoms with E-state index in [1.54, 1.807) is 18.3 Å². The summed E-state index contributed by atoms with van der Waals surface area (Å²) in [4.78, 5) is 16.0. The molecular formula is C14H14BrN3O. The van der Waals surface area contributed by atoms with Crippen molar-refractivity contribution in [1.82, 2.24) is 4.98 Å². The van der Waals surface area contributed by atoms with Crippen LogP contribution < -0.4 is 11.1 Å². The summed E-state index contributed by atoms with van der Waals surface area (Å²) in [5.74, 6) is -0.0986. The largest absolute Gasteiger partial charge is 0.397 e. The molecule has 4 nitrogen and oxygen atoms in total. The Morgan fingerprint density at radius 2 is 2.16 bits per heavy atom. The van der Waals surface area contributed by atoms with Crippen LogP contribution in [0.3, 0.4) is 0 Å². The number of hydrogen-bond donors (Lipinski definition) is 2. The molecule has 2 aromatic rings. The van der Waals surface area contributed by atoms with Crippen molar-refractivity contribution in [2.24, 2.45) is 0 Å². The molecule has 1 aromatic carbocycles. The lowest BCUT2D eigenvalue weighted by Gasteiger charge is -2.09. The summed E-state index contributed by atoms with van der Waals surface area (Å²) in [7, 11) is 0. The van der Waals surface area contributed by atoms with Crippen LogP contribution in [0.5, 0.6) is 0 Å². The Kier molecular flexibility index (Phi) is 4.16. The van der Waals surface area contributed by atoms with E-state index in [-0.39, 0.29) is 12.3 Å². The summed E-state index contributed by atoms with van der Waals surface area (Å²) in [6, 6.07) is 9.18. The topological polar surface area (TPSA) is 68.0 Å². The number of nitrogens with two attached hydrogens (primary N) is 1. The van der Waals surface area contributed by atoms with E-state index >= 15 is 0 Å². The van der Waals surface area contributed by atoms with Gasteiger partial charge in [0.15, 0.2) is 0 Å². The number of pyridine rings is 1. The number of rotatable bonds is 3. The van der Waals surface area contributed by atoms with Gasteiger partial charge in [0.2, 0.25) is 5.91 Å². The molecule has 0 saturated heterocycles. The fourth-order valence-corrected chi connectivity index (χ4v) is 2.01. The number of halogens is 1. The number of nitrogens with one attached hydrogen (secondary N) is 1. The minimum absolute atomic E-state index is 0.0986. The lowest BCUT2D eigenvalue weighted by Crippen LogP contribution is -2.16. The van der Waals surface area contributed by atoms with Crippen LogP contribution in [-0.4, -0.2) is 10.9 Å². The third kappa shape index (κ3) is 3.54. The molecule has 19 heavy (non-hydrogen) atoms. The SMILES string of the molecule is Cc1c(Br)cccc1NC(=O)Cc1ccc(N)cn1. The van der Waals surface area contributed by atoms with Gasteiger partial charge in [0.1, 0.15) is 0 Å². The molecule has 0 aliphatic carbocycles. The van der Waals surface area contributed by atoms with E-state index in [0.29, 0.717) is 11.4 Å². The number of carbonyl (C=O) groups excluding carboxylic acids is 1. The molecule has 0 radical (unpaired) electrons. The Labute approximate surface area is 120 Å². The summed E-state index contributed by atoms with van der Waals surface area (Å²) in [5.41, 5.74) is 8.63. The monoisotopic (exact) mass is 319 g/mol. The van der Waals surface area contributed by atoms with E-state index < -0.39 is 0 Å². The molecule has 0 atom stereocenters. The molecule has 0 unspecified atom stereocenters. The molecule has 5 heteroatoms. The number of carbonyl (C=O) groups is 1. The summed E-state index contributed by atoms with van der Waals surface area (Å²) in [5, 5.41) is 2.87. The van der Waals surface area contributed by atoms with E-state index in [0.717, 1.165) is 15.7 Å². The molecule has 2 rings (SSSR count). The van der Waals surface area contributed by atoms with Gasteiger partial charge in [-0.15, -0.1) is 0 Å². The fourth-order valence-electron chi connectivity index (χ4n) is 1.64. The predicted molar refractivity (Wildman–Crippen MR) is 79.9 cm³/mol. The Morgan fingerprint density at radius 1 is 1.37 bits per heavy atom. The average Bonchev–Trinajstić information content (AvgIpc) is 2.38. The lowest BCUT2D eigenvalue weighted by atomic mass is 10.2. The molecule has 3 N–H and O–H groups in total. The van der Waals surface area contributed by atoms with Crippen LogP contribution in [0.15, 0.2) is 41.0 Å². The standard InChI is InChI=1S/C14H14BrN3O/c1-9-12(15)3-2-4-13(9)18-14(19)7-11-6-5-10(16)8-17-11/h2-6,8H,7,16H2,1H3,(H,18,19). The Balaban J connectivity index is 2.05. The van der Waals surface area contributed by atoms with Crippen molar-refractivity contribution in [3.05, 3.63) is 52.3 Å². The Bertz CT molecular complexity index is 596. The van der Waals surface area contributed by atoms with Crippen molar-refractivity contribution >= 4 is 33.2 Å². The number of hydrogen-bond acceptors (Lipinski definition) is 3. The minimum atomic E-state index is -0.0986. The first kappa shape index (κ1) is 13.5. The van der Waals surface area contributed by atoms with Crippen molar-refractivity contribution in [2.45, 2.75) is 13.3 Å². The second-order valence-electron chi connectivity index (χ2n) is 4.22. The maximum Gasteiger partial charge on any atom is 0.230 e. The lowest BCUT2D eigenvalue weighted by molar-refractivity contribution is -0.115. The van der Waals surface area contributed by atoms with Crippen molar-refractivity contribution in [3.63, 3.8) is 0 Å². The minimum Gasteiger partial charge on any atom is -0.397 e. The first-order chi connectivity index (χ1) is 9.06. The van der Waals surface area contributed by atoms with Gasteiger partial charge in [-0.05, 0) is 36.8 Å². The maximum atomic E-state index is 11.9. The predicted octanol–water partition coefficient (Wildman–Crippen LogP) is 2.92. The first-order valence-electron chi connectivity index (χ1n) is 5.81. The van der Waals surface area contributed by atoms with Crippen molar-refractivity contribution in [1.29, 1.82) is 0 Å². The van der Waals surface area contributed by atoms with Gasteiger partial charge >= 0.3 is 0 Å². The zero-order valence-electron chi connectivity index (χ0n) is 10.5. The molecular weight excluding hydrogens is 306 g/mol. The quantitative estimate of drug-likeness (QED) is 0.914. The Morgan fingerprint density at radius 3 is 2.84 bits per heavy atom. The molecule has 1 amide bonds. The molecule has 0 fully saturated rings. The highest BCUT2D eigenvalue weighted by molar-refractivity contribution is 9.10. The van der Waals surface area contributed by atoms with E-state index in [1.807, 2.05) is 25.1 Å². The highest BCUT2D eigenvalue weighted by atomic mass is 79.9. The van der Waals surface area contributed by atoms with E-state index in [1.165, 1.54) is 0 Å². The molecule has 0 aliphatic rings. The smallest absolute Gasteiger partial charge is 0.230 e. The molecule has 0 saturated carbocycles. The number of nitrogen functional groups attached to an aromatic ring is 1. The Hall–Kier alpha value is -1.88. The van der Waals surface area contributed by atoms with Gasteiger partial charge < -0.3 is 11.1 Å². The summed E-state index contributed by atoms with van der Waals surface area (Å²) in [6.45, 7) is 1.95. The molecule has 1 aromatic heterocycles. The summed E-state index contributed by atoms with van der Waals surface area (Å²) in [6.07, 6.45) is 1.78.